The standard InChI is InChI=1S/C26H17Cl2N3O3/c27-16-10-12-17(13-11-16)30-25(32)21-22(19-14-15-6-4-5-9-20(15)29-24(19)28)31(34-23(21)26(30)33)18-7-2-1-3-8-18/h1-14,21-23H/t21-,22+,23+/m1/s1. The number of imide groups is 1. The molecule has 6 rings (SSSR count). The quantitative estimate of drug-likeness (QED) is 0.277. The highest BCUT2D eigenvalue weighted by molar-refractivity contribution is 6.31. The third-order valence-electron chi connectivity index (χ3n) is 6.23. The van der Waals surface area contributed by atoms with Gasteiger partial charge < -0.3 is 0 Å². The second kappa shape index (κ2) is 8.09. The molecule has 0 aliphatic carbocycles. The maximum Gasteiger partial charge on any atom is 0.266 e. The largest absolute Gasteiger partial charge is 0.273 e. The van der Waals surface area contributed by atoms with Crippen LogP contribution < -0.4 is 9.96 Å². The van der Waals surface area contributed by atoms with Gasteiger partial charge in [0, 0.05) is 16.0 Å². The van der Waals surface area contributed by atoms with Gasteiger partial charge in [0.1, 0.15) is 11.1 Å². The van der Waals surface area contributed by atoms with Gasteiger partial charge in [-0.05, 0) is 48.5 Å². The van der Waals surface area contributed by atoms with Crippen LogP contribution in [0.5, 0.6) is 0 Å². The van der Waals surface area contributed by atoms with E-state index in [9.17, 15) is 9.59 Å². The van der Waals surface area contributed by atoms with Crippen LogP contribution in [0, 0.1) is 5.92 Å². The first-order valence-electron chi connectivity index (χ1n) is 10.7. The molecule has 0 N–H and O–H groups in total. The molecule has 0 unspecified atom stereocenters. The van der Waals surface area contributed by atoms with Crippen LogP contribution in [0.1, 0.15) is 11.6 Å². The van der Waals surface area contributed by atoms with Crippen molar-refractivity contribution in [2.75, 3.05) is 9.96 Å². The van der Waals surface area contributed by atoms with Gasteiger partial charge in [-0.3, -0.25) is 14.4 Å². The van der Waals surface area contributed by atoms with Crippen molar-refractivity contribution in [3.05, 3.63) is 101 Å². The number of benzene rings is 3. The molecule has 2 aliphatic rings. The average molecular weight is 490 g/mol. The summed E-state index contributed by atoms with van der Waals surface area (Å²) in [5.41, 5.74) is 2.53. The zero-order chi connectivity index (χ0) is 23.4. The Kier molecular flexibility index (Phi) is 5.03. The molecular weight excluding hydrogens is 473 g/mol. The molecule has 0 radical (unpaired) electrons. The van der Waals surface area contributed by atoms with Crippen molar-refractivity contribution in [2.24, 2.45) is 5.92 Å². The van der Waals surface area contributed by atoms with Crippen molar-refractivity contribution < 1.29 is 14.4 Å². The third-order valence-corrected chi connectivity index (χ3v) is 6.79. The minimum Gasteiger partial charge on any atom is -0.273 e. The summed E-state index contributed by atoms with van der Waals surface area (Å²) in [4.78, 5) is 39.0. The average Bonchev–Trinajstić information content (AvgIpc) is 3.36. The number of nitrogens with zero attached hydrogens (tertiary/aromatic N) is 3. The SMILES string of the molecule is O=C1[C@H]2[C@H](ON(c3ccccc3)[C@H]2c2cc3ccccc3nc2Cl)C(=O)N1c1ccc(Cl)cc1. The van der Waals surface area contributed by atoms with Crippen LogP contribution in [-0.2, 0) is 14.4 Å². The summed E-state index contributed by atoms with van der Waals surface area (Å²) >= 11 is 12.7. The highest BCUT2D eigenvalue weighted by Crippen LogP contribution is 2.49. The van der Waals surface area contributed by atoms with E-state index in [0.717, 1.165) is 10.9 Å². The molecule has 34 heavy (non-hydrogen) atoms. The van der Waals surface area contributed by atoms with Gasteiger partial charge in [0.25, 0.3) is 5.91 Å². The van der Waals surface area contributed by atoms with Crippen molar-refractivity contribution >= 4 is 57.3 Å². The second-order valence-electron chi connectivity index (χ2n) is 8.21. The van der Waals surface area contributed by atoms with Crippen LogP contribution in [0.25, 0.3) is 10.9 Å². The van der Waals surface area contributed by atoms with Gasteiger partial charge in [-0.2, -0.15) is 0 Å². The van der Waals surface area contributed by atoms with Crippen molar-refractivity contribution in [3.63, 3.8) is 0 Å². The number of carbonyl (C=O) groups is 2. The van der Waals surface area contributed by atoms with Gasteiger partial charge in [0.05, 0.1) is 22.9 Å². The molecule has 4 aromatic rings. The Morgan fingerprint density at radius 2 is 1.50 bits per heavy atom. The Labute approximate surface area is 205 Å². The number of amides is 2. The molecule has 0 spiro atoms. The van der Waals surface area contributed by atoms with Crippen LogP contribution in [0.2, 0.25) is 10.2 Å². The van der Waals surface area contributed by atoms with Gasteiger partial charge in [-0.1, -0.05) is 59.6 Å². The topological polar surface area (TPSA) is 62.7 Å². The lowest BCUT2D eigenvalue weighted by Crippen LogP contribution is -2.37. The van der Waals surface area contributed by atoms with Gasteiger partial charge in [-0.25, -0.2) is 14.9 Å². The second-order valence-corrected chi connectivity index (χ2v) is 9.00. The van der Waals surface area contributed by atoms with E-state index >= 15 is 0 Å². The molecule has 3 atom stereocenters. The summed E-state index contributed by atoms with van der Waals surface area (Å²) in [6.07, 6.45) is -0.990. The van der Waals surface area contributed by atoms with Crippen LogP contribution in [0.3, 0.4) is 0 Å². The number of hydroxylamine groups is 1. The van der Waals surface area contributed by atoms with Crippen LogP contribution in [0.15, 0.2) is 84.9 Å². The number of pyridine rings is 1. The summed E-state index contributed by atoms with van der Waals surface area (Å²) in [6, 6.07) is 24.8. The van der Waals surface area contributed by atoms with E-state index in [1.807, 2.05) is 60.7 Å². The van der Waals surface area contributed by atoms with E-state index in [1.54, 1.807) is 29.3 Å². The molecule has 0 saturated carbocycles. The number of hydrogen-bond donors (Lipinski definition) is 0. The zero-order valence-electron chi connectivity index (χ0n) is 17.6. The van der Waals surface area contributed by atoms with E-state index in [-0.39, 0.29) is 11.1 Å². The van der Waals surface area contributed by atoms with Crippen LogP contribution >= 0.6 is 23.2 Å². The lowest BCUT2D eigenvalue weighted by molar-refractivity contribution is -0.126. The molecule has 168 valence electrons. The number of anilines is 2. The molecule has 3 heterocycles. The Morgan fingerprint density at radius 3 is 2.26 bits per heavy atom. The molecule has 6 nitrogen and oxygen atoms in total. The highest BCUT2D eigenvalue weighted by Gasteiger charge is 2.60. The first-order chi connectivity index (χ1) is 16.5. The first-order valence-corrected chi connectivity index (χ1v) is 11.5. The summed E-state index contributed by atoms with van der Waals surface area (Å²) < 4.78 is 0. The minimum atomic E-state index is -0.990. The number of carbonyl (C=O) groups excluding carboxylic acids is 2. The fourth-order valence-electron chi connectivity index (χ4n) is 4.69. The van der Waals surface area contributed by atoms with Crippen molar-refractivity contribution in [2.45, 2.75) is 12.1 Å². The van der Waals surface area contributed by atoms with E-state index < -0.39 is 24.0 Å². The van der Waals surface area contributed by atoms with Crippen molar-refractivity contribution in [3.8, 4) is 0 Å². The molecule has 8 heteroatoms. The van der Waals surface area contributed by atoms with Gasteiger partial charge in [0.2, 0.25) is 5.91 Å². The Bertz CT molecular complexity index is 1430. The van der Waals surface area contributed by atoms with E-state index in [0.29, 0.717) is 22.0 Å². The lowest BCUT2D eigenvalue weighted by Gasteiger charge is -2.29. The van der Waals surface area contributed by atoms with Crippen LogP contribution in [0.4, 0.5) is 11.4 Å². The predicted molar refractivity (Wildman–Crippen MR) is 131 cm³/mol. The first kappa shape index (κ1) is 21.1. The maximum absolute atomic E-state index is 13.7. The van der Waals surface area contributed by atoms with E-state index in [1.165, 1.54) is 4.90 Å². The molecule has 1 aromatic heterocycles. The monoisotopic (exact) mass is 489 g/mol. The number of halogens is 2. The number of aromatic nitrogens is 1. The van der Waals surface area contributed by atoms with Gasteiger partial charge in [0.15, 0.2) is 6.10 Å². The minimum absolute atomic E-state index is 0.263. The normalized spacial score (nSPS) is 22.0. The molecule has 2 fully saturated rings. The molecule has 2 aliphatic heterocycles. The number of hydrogen-bond acceptors (Lipinski definition) is 5. The molecule has 0 bridgehead atoms. The Morgan fingerprint density at radius 1 is 0.794 bits per heavy atom. The summed E-state index contributed by atoms with van der Waals surface area (Å²) in [6.45, 7) is 0. The Balaban J connectivity index is 1.49. The van der Waals surface area contributed by atoms with E-state index in [2.05, 4.69) is 4.98 Å². The Hall–Kier alpha value is -3.45. The highest BCUT2D eigenvalue weighted by atomic mass is 35.5. The third kappa shape index (κ3) is 3.26. The zero-order valence-corrected chi connectivity index (χ0v) is 19.1. The number of para-hydroxylation sites is 2. The fourth-order valence-corrected chi connectivity index (χ4v) is 5.07. The molecule has 2 saturated heterocycles. The smallest absolute Gasteiger partial charge is 0.266 e. The summed E-state index contributed by atoms with van der Waals surface area (Å²) in [7, 11) is 0. The maximum atomic E-state index is 13.7. The van der Waals surface area contributed by atoms with Crippen molar-refractivity contribution in [1.82, 2.24) is 4.98 Å². The number of fused-ring (bicyclic) bond motifs is 2. The number of rotatable bonds is 3. The lowest BCUT2D eigenvalue weighted by atomic mass is 9.90. The van der Waals surface area contributed by atoms with Gasteiger partial charge in [-0.15, -0.1) is 0 Å². The molecular formula is C26H17Cl2N3O3. The summed E-state index contributed by atoms with van der Waals surface area (Å²) in [5.74, 6) is -1.58. The van der Waals surface area contributed by atoms with Crippen LogP contribution in [-0.4, -0.2) is 22.9 Å². The summed E-state index contributed by atoms with van der Waals surface area (Å²) in [5, 5.41) is 3.27. The molecule has 3 aromatic carbocycles. The van der Waals surface area contributed by atoms with Crippen molar-refractivity contribution in [1.29, 1.82) is 0 Å². The fraction of sp³-hybridized carbons (Fsp3) is 0.115. The predicted octanol–water partition coefficient (Wildman–Crippen LogP) is 5.59. The van der Waals surface area contributed by atoms with Gasteiger partial charge >= 0.3 is 0 Å². The van der Waals surface area contributed by atoms with E-state index in [4.69, 9.17) is 28.0 Å². The molecule has 2 amide bonds.